The largest absolute Gasteiger partial charge is 0.354 e. The van der Waals surface area contributed by atoms with Crippen LogP contribution in [0.15, 0.2) is 71.5 Å². The summed E-state index contributed by atoms with van der Waals surface area (Å²) >= 11 is 0. The highest BCUT2D eigenvalue weighted by Gasteiger charge is 2.09. The van der Waals surface area contributed by atoms with Gasteiger partial charge in [-0.25, -0.2) is 0 Å². The molecule has 0 radical (unpaired) electrons. The minimum atomic E-state index is 1.06. The Morgan fingerprint density at radius 1 is 0.852 bits per heavy atom. The summed E-state index contributed by atoms with van der Waals surface area (Å²) in [5.41, 5.74) is 4.69. The molecule has 0 atom stereocenters. The molecule has 0 aliphatic carbocycles. The molecule has 0 bridgehead atoms. The number of fused-ring (bicyclic) bond motifs is 1. The highest BCUT2D eigenvalue weighted by atomic mass is 15.1. The van der Waals surface area contributed by atoms with Gasteiger partial charge in [-0.15, -0.1) is 0 Å². The summed E-state index contributed by atoms with van der Waals surface area (Å²) in [5, 5.41) is 0. The topological polar surface area (TPSA) is 15.6 Å². The molecule has 0 N–H and O–H groups in total. The molecule has 0 spiro atoms. The van der Waals surface area contributed by atoms with Crippen LogP contribution in [-0.2, 0) is 0 Å². The van der Waals surface area contributed by atoms with Gasteiger partial charge in [-0.3, -0.25) is 4.99 Å². The van der Waals surface area contributed by atoms with Crippen molar-refractivity contribution in [3.05, 3.63) is 72.1 Å². The second kappa shape index (κ2) is 10.7. The van der Waals surface area contributed by atoms with Crippen LogP contribution in [-0.4, -0.2) is 17.7 Å². The smallest absolute Gasteiger partial charge is 0.0708 e. The first-order chi connectivity index (χ1) is 13.4. The summed E-state index contributed by atoms with van der Waals surface area (Å²) in [7, 11) is 0. The van der Waals surface area contributed by atoms with Crippen molar-refractivity contribution in [2.24, 2.45) is 4.99 Å². The maximum atomic E-state index is 4.46. The zero-order valence-electron chi connectivity index (χ0n) is 16.6. The molecule has 2 aliphatic heterocycles. The highest BCUT2D eigenvalue weighted by molar-refractivity contribution is 6.16. The minimum absolute atomic E-state index is 1.06. The van der Waals surface area contributed by atoms with E-state index in [0.717, 1.165) is 12.2 Å². The van der Waals surface area contributed by atoms with Crippen LogP contribution in [0.25, 0.3) is 5.57 Å². The van der Waals surface area contributed by atoms with Gasteiger partial charge in [0.2, 0.25) is 0 Å². The van der Waals surface area contributed by atoms with Gasteiger partial charge in [0.15, 0.2) is 0 Å². The maximum Gasteiger partial charge on any atom is 0.0708 e. The number of hydrogen-bond acceptors (Lipinski definition) is 2. The first-order valence-electron chi connectivity index (χ1n) is 10.5. The van der Waals surface area contributed by atoms with E-state index in [-0.39, 0.29) is 0 Å². The van der Waals surface area contributed by atoms with Crippen LogP contribution < -0.4 is 0 Å². The molecule has 1 aromatic rings. The van der Waals surface area contributed by atoms with Crippen LogP contribution in [0.4, 0.5) is 5.69 Å². The molecule has 27 heavy (non-hydrogen) atoms. The summed E-state index contributed by atoms with van der Waals surface area (Å²) in [6, 6.07) is 8.29. The summed E-state index contributed by atoms with van der Waals surface area (Å²) < 4.78 is 0. The highest BCUT2D eigenvalue weighted by Crippen LogP contribution is 2.30. The Morgan fingerprint density at radius 2 is 1.56 bits per heavy atom. The zero-order chi connectivity index (χ0) is 18.7. The lowest BCUT2D eigenvalue weighted by Gasteiger charge is -2.18. The SMILES string of the molecule is CCCCCCCCCCN1C=CC(=C/C=C2/C=Nc3ccccc32)C=C1. The average molecular weight is 361 g/mol. The predicted octanol–water partition coefficient (Wildman–Crippen LogP) is 7.20. The number of aliphatic imine (C=N–C) groups is 1. The van der Waals surface area contributed by atoms with E-state index < -0.39 is 0 Å². The van der Waals surface area contributed by atoms with E-state index in [4.69, 9.17) is 0 Å². The predicted molar refractivity (Wildman–Crippen MR) is 118 cm³/mol. The molecule has 0 unspecified atom stereocenters. The number of rotatable bonds is 10. The number of unbranched alkanes of at least 4 members (excludes halogenated alkanes) is 7. The Labute approximate surface area is 164 Å². The Balaban J connectivity index is 1.38. The van der Waals surface area contributed by atoms with Crippen LogP contribution in [0.1, 0.15) is 63.9 Å². The van der Waals surface area contributed by atoms with Crippen LogP contribution in [0.5, 0.6) is 0 Å². The van der Waals surface area contributed by atoms with E-state index in [2.05, 4.69) is 71.7 Å². The number of benzene rings is 1. The molecule has 2 heterocycles. The summed E-state index contributed by atoms with van der Waals surface area (Å²) in [6.07, 6.45) is 26.0. The second-order valence-corrected chi connectivity index (χ2v) is 7.41. The van der Waals surface area contributed by atoms with Gasteiger partial charge in [0, 0.05) is 36.3 Å². The molecule has 2 nitrogen and oxygen atoms in total. The van der Waals surface area contributed by atoms with Crippen LogP contribution in [0, 0.1) is 0 Å². The van der Waals surface area contributed by atoms with E-state index >= 15 is 0 Å². The third-order valence-corrected chi connectivity index (χ3v) is 5.20. The summed E-state index contributed by atoms with van der Waals surface area (Å²) in [5.74, 6) is 0. The molecule has 0 aromatic heterocycles. The Kier molecular flexibility index (Phi) is 7.70. The van der Waals surface area contributed by atoms with Crippen molar-refractivity contribution in [1.29, 1.82) is 0 Å². The Bertz CT molecular complexity index is 733. The van der Waals surface area contributed by atoms with Gasteiger partial charge in [-0.05, 0) is 30.2 Å². The Morgan fingerprint density at radius 3 is 2.33 bits per heavy atom. The fourth-order valence-corrected chi connectivity index (χ4v) is 3.52. The summed E-state index contributed by atoms with van der Waals surface area (Å²) in [4.78, 5) is 6.76. The number of allylic oxidation sites excluding steroid dienone is 6. The molecule has 0 amide bonds. The number of nitrogens with zero attached hydrogens (tertiary/aromatic N) is 2. The van der Waals surface area contributed by atoms with Crippen molar-refractivity contribution in [3.63, 3.8) is 0 Å². The fourth-order valence-electron chi connectivity index (χ4n) is 3.52. The average Bonchev–Trinajstić information content (AvgIpc) is 3.12. The fraction of sp³-hybridized carbons (Fsp3) is 0.400. The minimum Gasteiger partial charge on any atom is -0.354 e. The van der Waals surface area contributed by atoms with Gasteiger partial charge >= 0.3 is 0 Å². The summed E-state index contributed by atoms with van der Waals surface area (Å²) in [6.45, 7) is 3.40. The van der Waals surface area contributed by atoms with Crippen molar-refractivity contribution in [2.75, 3.05) is 6.54 Å². The van der Waals surface area contributed by atoms with E-state index in [0.29, 0.717) is 0 Å². The zero-order valence-corrected chi connectivity index (χ0v) is 16.6. The molecule has 1 aromatic carbocycles. The van der Waals surface area contributed by atoms with Gasteiger partial charge < -0.3 is 4.90 Å². The van der Waals surface area contributed by atoms with E-state index in [9.17, 15) is 0 Å². The van der Waals surface area contributed by atoms with E-state index in [1.165, 1.54) is 68.1 Å². The lowest BCUT2D eigenvalue weighted by Crippen LogP contribution is -2.13. The molecule has 0 saturated heterocycles. The lowest BCUT2D eigenvalue weighted by molar-refractivity contribution is 0.462. The molecule has 2 heteroatoms. The number of hydrogen-bond donors (Lipinski definition) is 0. The monoisotopic (exact) mass is 360 g/mol. The lowest BCUT2D eigenvalue weighted by atomic mass is 10.1. The van der Waals surface area contributed by atoms with E-state index in [1.54, 1.807) is 0 Å². The standard InChI is InChI=1S/C25H32N2/c1-2-3-4-5-6-7-8-11-18-27-19-16-22(17-20-27)14-15-23-21-26-25-13-10-9-12-24(23)25/h9-10,12-17,19-21H,2-8,11,18H2,1H3/b23-15-. The van der Waals surface area contributed by atoms with Gasteiger partial charge in [0.1, 0.15) is 0 Å². The van der Waals surface area contributed by atoms with Crippen molar-refractivity contribution < 1.29 is 0 Å². The van der Waals surface area contributed by atoms with Gasteiger partial charge in [0.05, 0.1) is 5.69 Å². The molecular weight excluding hydrogens is 328 g/mol. The van der Waals surface area contributed by atoms with Gasteiger partial charge in [-0.2, -0.15) is 0 Å². The molecule has 0 fully saturated rings. The molecule has 0 saturated carbocycles. The van der Waals surface area contributed by atoms with Gasteiger partial charge in [0.25, 0.3) is 0 Å². The van der Waals surface area contributed by atoms with Crippen molar-refractivity contribution >= 4 is 17.5 Å². The first kappa shape index (κ1) is 19.4. The Hall–Kier alpha value is -2.35. The maximum absolute atomic E-state index is 4.46. The first-order valence-corrected chi connectivity index (χ1v) is 10.5. The van der Waals surface area contributed by atoms with Crippen molar-refractivity contribution in [1.82, 2.24) is 4.90 Å². The second-order valence-electron chi connectivity index (χ2n) is 7.41. The van der Waals surface area contributed by atoms with Crippen molar-refractivity contribution in [2.45, 2.75) is 58.3 Å². The van der Waals surface area contributed by atoms with Crippen LogP contribution in [0.2, 0.25) is 0 Å². The quantitative estimate of drug-likeness (QED) is 0.403. The van der Waals surface area contributed by atoms with Gasteiger partial charge in [-0.1, -0.05) is 82.2 Å². The third-order valence-electron chi connectivity index (χ3n) is 5.20. The van der Waals surface area contributed by atoms with Crippen molar-refractivity contribution in [3.8, 4) is 0 Å². The van der Waals surface area contributed by atoms with Crippen LogP contribution in [0.3, 0.4) is 0 Å². The number of para-hydroxylation sites is 1. The molecule has 3 rings (SSSR count). The van der Waals surface area contributed by atoms with E-state index in [1.807, 2.05) is 12.3 Å². The molecule has 142 valence electrons. The third kappa shape index (κ3) is 6.09. The normalized spacial score (nSPS) is 16.4. The molecular formula is C25H32N2. The molecule has 2 aliphatic rings. The van der Waals surface area contributed by atoms with Crippen LogP contribution >= 0.6 is 0 Å².